The van der Waals surface area contributed by atoms with Crippen LogP contribution in [0, 0.1) is 34.5 Å². The van der Waals surface area contributed by atoms with Crippen LogP contribution in [0.1, 0.15) is 71.1 Å². The molecule has 1 nitrogen and oxygen atoms in total. The van der Waals surface area contributed by atoms with Crippen LogP contribution in [0.2, 0.25) is 0 Å². The molecule has 4 fully saturated rings. The molecule has 6 atom stereocenters. The average molecular weight is 400 g/mol. The van der Waals surface area contributed by atoms with Crippen molar-refractivity contribution in [3.05, 3.63) is 0 Å². The highest BCUT2D eigenvalue weighted by Gasteiger charge is 2.60. The van der Waals surface area contributed by atoms with E-state index in [2.05, 4.69) is 29.5 Å². The lowest BCUT2D eigenvalue weighted by atomic mass is 9.45. The predicted octanol–water partition coefficient (Wildman–Crippen LogP) is 5.40. The summed E-state index contributed by atoms with van der Waals surface area (Å²) in [6, 6.07) is 0. The van der Waals surface area contributed by atoms with Crippen LogP contribution in [0.3, 0.4) is 0 Å². The molecule has 0 spiro atoms. The maximum atomic E-state index is 12.6. The van der Waals surface area contributed by atoms with E-state index < -0.39 is 0 Å². The summed E-state index contributed by atoms with van der Waals surface area (Å²) in [5.74, 6) is 4.16. The number of hydrogen-bond donors (Lipinski definition) is 0. The van der Waals surface area contributed by atoms with Crippen molar-refractivity contribution in [1.82, 2.24) is 0 Å². The highest BCUT2D eigenvalue weighted by Crippen LogP contribution is 2.65. The van der Waals surface area contributed by atoms with Crippen LogP contribution >= 0.6 is 22.6 Å². The summed E-state index contributed by atoms with van der Waals surface area (Å²) in [5.41, 5.74) is 0.712. The lowest BCUT2D eigenvalue weighted by Gasteiger charge is -2.59. The van der Waals surface area contributed by atoms with Crippen LogP contribution in [0.15, 0.2) is 0 Å². The van der Waals surface area contributed by atoms with Crippen LogP contribution in [0.5, 0.6) is 0 Å². The van der Waals surface area contributed by atoms with Gasteiger partial charge in [-0.2, -0.15) is 0 Å². The molecule has 0 amide bonds. The molecule has 118 valence electrons. The molecule has 21 heavy (non-hydrogen) atoms. The molecule has 0 aromatic rings. The Balaban J connectivity index is 1.66. The molecule has 4 saturated carbocycles. The maximum absolute atomic E-state index is 12.6. The molecule has 4 aliphatic rings. The molecule has 0 aliphatic heterocycles. The van der Waals surface area contributed by atoms with E-state index in [4.69, 9.17) is 0 Å². The van der Waals surface area contributed by atoms with Crippen molar-refractivity contribution in [3.8, 4) is 0 Å². The molecule has 0 radical (unpaired) electrons. The van der Waals surface area contributed by atoms with Gasteiger partial charge in [-0.1, -0.05) is 42.4 Å². The molecule has 0 aromatic heterocycles. The summed E-state index contributed by atoms with van der Waals surface area (Å²) in [5, 5.41) is 0. The van der Waals surface area contributed by atoms with Gasteiger partial charge in [-0.3, -0.25) is 4.79 Å². The second-order valence-electron chi connectivity index (χ2n) is 8.69. The van der Waals surface area contributed by atoms with Gasteiger partial charge in [0.15, 0.2) is 0 Å². The van der Waals surface area contributed by atoms with Crippen LogP contribution in [-0.4, -0.2) is 10.2 Å². The Hall–Kier alpha value is 0.400. The number of hydrogen-bond acceptors (Lipinski definition) is 1. The van der Waals surface area contributed by atoms with Crippen molar-refractivity contribution in [2.75, 3.05) is 4.43 Å². The standard InChI is InChI=1S/C19H29IO/c1-18-10-3-2-4-13(18)5-6-14-15(18)9-11-19(12-20)16(14)7-8-17(19)21/h13-16H,2-12H2,1H3/t13?,14-,15+,16+,18+,19-/m1/s1. The molecule has 2 heteroatoms. The van der Waals surface area contributed by atoms with Crippen molar-refractivity contribution in [2.24, 2.45) is 34.5 Å². The third kappa shape index (κ3) is 1.96. The van der Waals surface area contributed by atoms with Crippen LogP contribution in [0.4, 0.5) is 0 Å². The van der Waals surface area contributed by atoms with Gasteiger partial charge in [0, 0.05) is 16.3 Å². The zero-order valence-corrected chi connectivity index (χ0v) is 15.5. The number of halogens is 1. The Bertz CT molecular complexity index is 447. The largest absolute Gasteiger partial charge is 0.299 e. The second-order valence-corrected chi connectivity index (χ2v) is 9.46. The van der Waals surface area contributed by atoms with Crippen molar-refractivity contribution in [2.45, 2.75) is 71.1 Å². The number of fused-ring (bicyclic) bond motifs is 5. The van der Waals surface area contributed by atoms with Gasteiger partial charge in [0.05, 0.1) is 0 Å². The first-order valence-electron chi connectivity index (χ1n) is 9.21. The summed E-state index contributed by atoms with van der Waals surface area (Å²) in [6.07, 6.45) is 13.4. The lowest BCUT2D eigenvalue weighted by molar-refractivity contribution is -0.137. The van der Waals surface area contributed by atoms with Crippen molar-refractivity contribution in [1.29, 1.82) is 0 Å². The van der Waals surface area contributed by atoms with Crippen LogP contribution in [0.25, 0.3) is 0 Å². The Morgan fingerprint density at radius 1 is 1.05 bits per heavy atom. The Labute approximate surface area is 143 Å². The molecular weight excluding hydrogens is 371 g/mol. The zero-order chi connectivity index (χ0) is 14.7. The number of carbonyl (C=O) groups excluding carboxylic acids is 1. The smallest absolute Gasteiger partial charge is 0.140 e. The number of rotatable bonds is 1. The topological polar surface area (TPSA) is 17.1 Å². The monoisotopic (exact) mass is 400 g/mol. The quantitative estimate of drug-likeness (QED) is 0.425. The molecule has 0 aromatic carbocycles. The fourth-order valence-corrected chi connectivity index (χ4v) is 8.50. The summed E-state index contributed by atoms with van der Waals surface area (Å²) < 4.78 is 1.08. The van der Waals surface area contributed by atoms with Gasteiger partial charge in [-0.15, -0.1) is 0 Å². The molecule has 4 rings (SSSR count). The number of ketones is 1. The van der Waals surface area contributed by atoms with E-state index in [0.29, 0.717) is 11.2 Å². The first-order chi connectivity index (χ1) is 10.1. The van der Waals surface area contributed by atoms with Gasteiger partial charge in [-0.25, -0.2) is 0 Å². The summed E-state index contributed by atoms with van der Waals surface area (Å²) in [6.45, 7) is 2.63. The van der Waals surface area contributed by atoms with Gasteiger partial charge < -0.3 is 0 Å². The summed E-state index contributed by atoms with van der Waals surface area (Å²) >= 11 is 2.51. The molecular formula is C19H29IO. The number of alkyl halides is 1. The van der Waals surface area contributed by atoms with E-state index in [1.54, 1.807) is 0 Å². The summed E-state index contributed by atoms with van der Waals surface area (Å²) in [4.78, 5) is 12.6. The van der Waals surface area contributed by atoms with Gasteiger partial charge in [0.25, 0.3) is 0 Å². The first-order valence-corrected chi connectivity index (χ1v) is 10.7. The van der Waals surface area contributed by atoms with E-state index >= 15 is 0 Å². The molecule has 0 N–H and O–H groups in total. The van der Waals surface area contributed by atoms with Gasteiger partial charge >= 0.3 is 0 Å². The molecule has 0 heterocycles. The molecule has 0 saturated heterocycles. The predicted molar refractivity (Wildman–Crippen MR) is 94.6 cm³/mol. The van der Waals surface area contributed by atoms with Gasteiger partial charge in [-0.05, 0) is 74.0 Å². The molecule has 1 unspecified atom stereocenters. The van der Waals surface area contributed by atoms with Crippen LogP contribution in [-0.2, 0) is 4.79 Å². The minimum atomic E-state index is 0.0968. The second kappa shape index (κ2) is 5.21. The minimum Gasteiger partial charge on any atom is -0.299 e. The summed E-state index contributed by atoms with van der Waals surface area (Å²) in [7, 11) is 0. The Kier molecular flexibility index (Phi) is 3.71. The fraction of sp³-hybridized carbons (Fsp3) is 0.947. The lowest BCUT2D eigenvalue weighted by Crippen LogP contribution is -2.54. The van der Waals surface area contributed by atoms with Crippen molar-refractivity contribution < 1.29 is 4.79 Å². The van der Waals surface area contributed by atoms with Crippen molar-refractivity contribution >= 4 is 28.4 Å². The third-order valence-electron chi connectivity index (χ3n) is 8.27. The van der Waals surface area contributed by atoms with Gasteiger partial charge in [0.1, 0.15) is 5.78 Å². The average Bonchev–Trinajstić information content (AvgIpc) is 2.84. The fourth-order valence-electron chi connectivity index (χ4n) is 7.12. The third-order valence-corrected chi connectivity index (χ3v) is 9.63. The SMILES string of the molecule is C[C@]12CCCCC1CC[C@H]1[C@@H]3CCC(=O)[C@@]3(CI)CC[C@@H]12. The van der Waals surface area contributed by atoms with E-state index in [-0.39, 0.29) is 5.41 Å². The zero-order valence-electron chi connectivity index (χ0n) is 13.4. The normalized spacial score (nSPS) is 53.0. The van der Waals surface area contributed by atoms with Crippen molar-refractivity contribution in [3.63, 3.8) is 0 Å². The van der Waals surface area contributed by atoms with Crippen LogP contribution < -0.4 is 0 Å². The Morgan fingerprint density at radius 2 is 1.90 bits per heavy atom. The van der Waals surface area contributed by atoms with E-state index in [1.165, 1.54) is 57.8 Å². The minimum absolute atomic E-state index is 0.0968. The highest BCUT2D eigenvalue weighted by atomic mass is 127. The number of carbonyl (C=O) groups is 1. The Morgan fingerprint density at radius 3 is 2.71 bits per heavy atom. The van der Waals surface area contributed by atoms with E-state index in [0.717, 1.165) is 34.5 Å². The number of Topliss-reactive ketones (excluding diaryl/α,β-unsaturated/α-hetero) is 1. The van der Waals surface area contributed by atoms with E-state index in [9.17, 15) is 4.79 Å². The maximum Gasteiger partial charge on any atom is 0.140 e. The first kappa shape index (κ1) is 15.0. The molecule has 4 aliphatic carbocycles. The van der Waals surface area contributed by atoms with Gasteiger partial charge in [0.2, 0.25) is 0 Å². The van der Waals surface area contributed by atoms with E-state index in [1.807, 2.05) is 0 Å². The molecule has 0 bridgehead atoms. The highest BCUT2D eigenvalue weighted by molar-refractivity contribution is 14.1.